The molecule has 0 atom stereocenters. The summed E-state index contributed by atoms with van der Waals surface area (Å²) in [6.45, 7) is 11.3. The van der Waals surface area contributed by atoms with Crippen molar-refractivity contribution in [2.24, 2.45) is 0 Å². The van der Waals surface area contributed by atoms with E-state index in [9.17, 15) is 0 Å². The van der Waals surface area contributed by atoms with Crippen molar-refractivity contribution in [3.05, 3.63) is 29.8 Å². The van der Waals surface area contributed by atoms with E-state index < -0.39 is 0 Å². The van der Waals surface area contributed by atoms with E-state index in [0.29, 0.717) is 12.1 Å². The molecule has 0 aromatic heterocycles. The molecule has 1 rings (SSSR count). The molecule has 0 unspecified atom stereocenters. The molecule has 0 amide bonds. The summed E-state index contributed by atoms with van der Waals surface area (Å²) in [6, 6.07) is 9.42. The van der Waals surface area contributed by atoms with Crippen LogP contribution >= 0.6 is 0 Å². The van der Waals surface area contributed by atoms with Gasteiger partial charge in [0.15, 0.2) is 0 Å². The van der Waals surface area contributed by atoms with Gasteiger partial charge in [-0.15, -0.1) is 0 Å². The first-order valence-electron chi connectivity index (χ1n) is 7.14. The lowest BCUT2D eigenvalue weighted by Crippen LogP contribution is -2.30. The lowest BCUT2D eigenvalue weighted by atomic mass is 10.2. The van der Waals surface area contributed by atoms with Gasteiger partial charge in [-0.1, -0.05) is 26.0 Å². The molecule has 0 fully saturated rings. The Labute approximate surface area is 118 Å². The van der Waals surface area contributed by atoms with Crippen LogP contribution in [0.3, 0.4) is 0 Å². The zero-order valence-electron chi connectivity index (χ0n) is 12.9. The maximum absolute atomic E-state index is 5.75. The fourth-order valence-corrected chi connectivity index (χ4v) is 1.59. The first-order chi connectivity index (χ1) is 8.99. The second-order valence-electron chi connectivity index (χ2n) is 5.60. The molecule has 0 aliphatic heterocycles. The fourth-order valence-electron chi connectivity index (χ4n) is 1.59. The molecule has 0 bridgehead atoms. The fraction of sp³-hybridized carbons (Fsp3) is 0.625. The molecule has 0 radical (unpaired) electrons. The second-order valence-corrected chi connectivity index (χ2v) is 5.60. The van der Waals surface area contributed by atoms with Crippen molar-refractivity contribution in [2.75, 3.05) is 20.2 Å². The van der Waals surface area contributed by atoms with Gasteiger partial charge >= 0.3 is 0 Å². The Morgan fingerprint density at radius 2 is 1.74 bits per heavy atom. The van der Waals surface area contributed by atoms with Crippen LogP contribution in [0.15, 0.2) is 24.3 Å². The molecule has 0 saturated carbocycles. The quantitative estimate of drug-likeness (QED) is 0.781. The van der Waals surface area contributed by atoms with E-state index in [4.69, 9.17) is 4.74 Å². The Bertz CT molecular complexity index is 346. The zero-order valence-corrected chi connectivity index (χ0v) is 12.9. The smallest absolute Gasteiger partial charge is 0.119 e. The van der Waals surface area contributed by atoms with E-state index in [1.165, 1.54) is 5.56 Å². The monoisotopic (exact) mass is 264 g/mol. The predicted molar refractivity (Wildman–Crippen MR) is 81.7 cm³/mol. The van der Waals surface area contributed by atoms with Crippen LogP contribution in [0.1, 0.15) is 33.3 Å². The summed E-state index contributed by atoms with van der Waals surface area (Å²) >= 11 is 0. The number of hydrogen-bond donors (Lipinski definition) is 1. The van der Waals surface area contributed by atoms with E-state index >= 15 is 0 Å². The largest absolute Gasteiger partial charge is 0.492 e. The molecule has 0 heterocycles. The average molecular weight is 264 g/mol. The van der Waals surface area contributed by atoms with Crippen LogP contribution in [-0.2, 0) is 6.54 Å². The minimum absolute atomic E-state index is 0.516. The molecule has 3 nitrogen and oxygen atoms in total. The van der Waals surface area contributed by atoms with Crippen molar-refractivity contribution < 1.29 is 4.74 Å². The van der Waals surface area contributed by atoms with Crippen molar-refractivity contribution in [3.63, 3.8) is 0 Å². The Balaban J connectivity index is 2.32. The summed E-state index contributed by atoms with van der Waals surface area (Å²) in [5.41, 5.74) is 1.29. The highest BCUT2D eigenvalue weighted by Crippen LogP contribution is 2.12. The Kier molecular flexibility index (Phi) is 6.89. The summed E-state index contributed by atoms with van der Waals surface area (Å²) < 4.78 is 5.75. The number of rotatable bonds is 8. The lowest BCUT2D eigenvalue weighted by molar-refractivity contribution is 0.208. The first-order valence-corrected chi connectivity index (χ1v) is 7.14. The van der Waals surface area contributed by atoms with Crippen molar-refractivity contribution in [1.82, 2.24) is 10.2 Å². The molecule has 0 aliphatic carbocycles. The van der Waals surface area contributed by atoms with Gasteiger partial charge in [0.2, 0.25) is 0 Å². The van der Waals surface area contributed by atoms with E-state index in [1.807, 2.05) is 12.1 Å². The summed E-state index contributed by atoms with van der Waals surface area (Å²) in [5.74, 6) is 0.949. The molecular formula is C16H28N2O. The Morgan fingerprint density at radius 3 is 2.26 bits per heavy atom. The molecule has 108 valence electrons. The molecule has 1 aromatic carbocycles. The van der Waals surface area contributed by atoms with E-state index in [-0.39, 0.29) is 0 Å². The third kappa shape index (κ3) is 6.60. The van der Waals surface area contributed by atoms with Crippen LogP contribution in [0.2, 0.25) is 0 Å². The predicted octanol–water partition coefficient (Wildman–Crippen LogP) is 2.90. The van der Waals surface area contributed by atoms with E-state index in [0.717, 1.165) is 25.4 Å². The molecule has 1 N–H and O–H groups in total. The summed E-state index contributed by atoms with van der Waals surface area (Å²) in [7, 11) is 2.12. The van der Waals surface area contributed by atoms with Crippen molar-refractivity contribution >= 4 is 0 Å². The summed E-state index contributed by atoms with van der Waals surface area (Å²) in [6.07, 6.45) is 0. The minimum atomic E-state index is 0.516. The van der Waals surface area contributed by atoms with E-state index in [2.05, 4.69) is 57.1 Å². The van der Waals surface area contributed by atoms with Gasteiger partial charge in [-0.25, -0.2) is 0 Å². The molecule has 0 saturated heterocycles. The second kappa shape index (κ2) is 8.18. The van der Waals surface area contributed by atoms with Gasteiger partial charge in [0, 0.05) is 25.2 Å². The average Bonchev–Trinajstić information content (AvgIpc) is 2.37. The molecular weight excluding hydrogens is 236 g/mol. The van der Waals surface area contributed by atoms with Crippen molar-refractivity contribution in [3.8, 4) is 5.75 Å². The molecule has 19 heavy (non-hydrogen) atoms. The first kappa shape index (κ1) is 16.0. The number of likely N-dealkylation sites (N-methyl/N-ethyl adjacent to an activating group) is 1. The highest BCUT2D eigenvalue weighted by molar-refractivity contribution is 5.27. The summed E-state index contributed by atoms with van der Waals surface area (Å²) in [5, 5.41) is 3.40. The van der Waals surface area contributed by atoms with Crippen molar-refractivity contribution in [1.29, 1.82) is 0 Å². The SMILES string of the molecule is CC(C)NCc1ccc(OCCN(C)C(C)C)cc1. The van der Waals surface area contributed by atoms with Crippen LogP contribution in [0.4, 0.5) is 0 Å². The van der Waals surface area contributed by atoms with Crippen LogP contribution in [0, 0.1) is 0 Å². The zero-order chi connectivity index (χ0) is 14.3. The van der Waals surface area contributed by atoms with Crippen LogP contribution in [-0.4, -0.2) is 37.2 Å². The van der Waals surface area contributed by atoms with Gasteiger partial charge in [-0.2, -0.15) is 0 Å². The number of ether oxygens (including phenoxy) is 1. The lowest BCUT2D eigenvalue weighted by Gasteiger charge is -2.20. The van der Waals surface area contributed by atoms with Gasteiger partial charge in [-0.3, -0.25) is 0 Å². The standard InChI is InChI=1S/C16H28N2O/c1-13(2)17-12-15-6-8-16(9-7-15)19-11-10-18(5)14(3)4/h6-9,13-14,17H,10-12H2,1-5H3. The molecule has 3 heteroatoms. The third-order valence-electron chi connectivity index (χ3n) is 3.23. The maximum Gasteiger partial charge on any atom is 0.119 e. The number of benzene rings is 1. The minimum Gasteiger partial charge on any atom is -0.492 e. The van der Waals surface area contributed by atoms with Gasteiger partial charge in [0.1, 0.15) is 12.4 Å². The van der Waals surface area contributed by atoms with Crippen LogP contribution in [0.25, 0.3) is 0 Å². The number of nitrogens with zero attached hydrogens (tertiary/aromatic N) is 1. The Hall–Kier alpha value is -1.06. The molecule has 0 spiro atoms. The third-order valence-corrected chi connectivity index (χ3v) is 3.23. The topological polar surface area (TPSA) is 24.5 Å². The van der Waals surface area contributed by atoms with Gasteiger partial charge in [0.25, 0.3) is 0 Å². The highest BCUT2D eigenvalue weighted by atomic mass is 16.5. The molecule has 1 aromatic rings. The van der Waals surface area contributed by atoms with Gasteiger partial charge < -0.3 is 15.0 Å². The summed E-state index contributed by atoms with van der Waals surface area (Å²) in [4.78, 5) is 2.28. The maximum atomic E-state index is 5.75. The number of hydrogen-bond acceptors (Lipinski definition) is 3. The van der Waals surface area contributed by atoms with Crippen molar-refractivity contribution in [2.45, 2.75) is 46.3 Å². The number of nitrogens with one attached hydrogen (secondary N) is 1. The van der Waals surface area contributed by atoms with Gasteiger partial charge in [-0.05, 0) is 38.6 Å². The van der Waals surface area contributed by atoms with Crippen LogP contribution < -0.4 is 10.1 Å². The van der Waals surface area contributed by atoms with Crippen LogP contribution in [0.5, 0.6) is 5.75 Å². The highest BCUT2D eigenvalue weighted by Gasteiger charge is 2.03. The normalized spacial score (nSPS) is 11.6. The molecule has 0 aliphatic rings. The van der Waals surface area contributed by atoms with E-state index in [1.54, 1.807) is 0 Å². The van der Waals surface area contributed by atoms with Gasteiger partial charge in [0.05, 0.1) is 0 Å². The Morgan fingerprint density at radius 1 is 1.11 bits per heavy atom.